The fourth-order valence-corrected chi connectivity index (χ4v) is 3.37. The number of primary amides is 1. The Balaban J connectivity index is 2.01. The summed E-state index contributed by atoms with van der Waals surface area (Å²) >= 11 is 6.79. The van der Waals surface area contributed by atoms with Crippen LogP contribution in [0.3, 0.4) is 0 Å². The summed E-state index contributed by atoms with van der Waals surface area (Å²) in [5.41, 5.74) is 6.06. The number of methoxy groups -OCH3 is 1. The van der Waals surface area contributed by atoms with E-state index in [0.717, 1.165) is 4.47 Å². The van der Waals surface area contributed by atoms with Crippen molar-refractivity contribution >= 4 is 54.9 Å². The van der Waals surface area contributed by atoms with Gasteiger partial charge in [0.1, 0.15) is 5.82 Å². The molecule has 0 aliphatic carbocycles. The van der Waals surface area contributed by atoms with Gasteiger partial charge in [-0.15, -0.1) is 0 Å². The van der Waals surface area contributed by atoms with Crippen molar-refractivity contribution < 1.29 is 14.3 Å². The van der Waals surface area contributed by atoms with E-state index in [0.29, 0.717) is 38.3 Å². The number of hydrogen-bond donors (Lipinski definition) is 1. The number of hydrogen-bond acceptors (Lipinski definition) is 6. The van der Waals surface area contributed by atoms with E-state index in [4.69, 9.17) is 15.2 Å². The van der Waals surface area contributed by atoms with Gasteiger partial charge in [-0.1, -0.05) is 15.9 Å². The Morgan fingerprint density at radius 3 is 2.72 bits per heavy atom. The molecule has 29 heavy (non-hydrogen) atoms. The van der Waals surface area contributed by atoms with Crippen molar-refractivity contribution in [2.24, 2.45) is 10.8 Å². The predicted octanol–water partition coefficient (Wildman–Crippen LogP) is 2.98. The molecule has 1 amide bonds. The molecule has 10 heteroatoms. The fraction of sp³-hybridized carbons (Fsp3) is 0.158. The van der Waals surface area contributed by atoms with Crippen LogP contribution in [0.4, 0.5) is 0 Å². The Labute approximate surface area is 182 Å². The van der Waals surface area contributed by atoms with Crippen LogP contribution in [0.25, 0.3) is 10.9 Å². The summed E-state index contributed by atoms with van der Waals surface area (Å²) in [5, 5.41) is 4.75. The molecule has 0 radical (unpaired) electrons. The second-order valence-corrected chi connectivity index (χ2v) is 7.73. The molecule has 150 valence electrons. The van der Waals surface area contributed by atoms with Crippen molar-refractivity contribution in [2.75, 3.05) is 13.7 Å². The first-order chi connectivity index (χ1) is 13.8. The Bertz CT molecular complexity index is 1190. The molecule has 3 aromatic rings. The van der Waals surface area contributed by atoms with E-state index >= 15 is 0 Å². The minimum atomic E-state index is -0.598. The van der Waals surface area contributed by atoms with Gasteiger partial charge in [-0.3, -0.25) is 9.59 Å². The SMILES string of the molecule is COc1cc(C=Nn2c(C)nc3ccc(Br)cc3c2=O)c(Br)cc1OCC(N)=O. The number of amides is 1. The van der Waals surface area contributed by atoms with Crippen molar-refractivity contribution in [3.8, 4) is 11.5 Å². The van der Waals surface area contributed by atoms with Crippen LogP contribution in [0.15, 0.2) is 49.2 Å². The summed E-state index contributed by atoms with van der Waals surface area (Å²) in [6, 6.07) is 8.60. The highest BCUT2D eigenvalue weighted by Gasteiger charge is 2.12. The number of benzene rings is 2. The lowest BCUT2D eigenvalue weighted by Crippen LogP contribution is -2.21. The molecule has 0 fully saturated rings. The molecule has 0 saturated heterocycles. The van der Waals surface area contributed by atoms with Crippen molar-refractivity contribution in [1.82, 2.24) is 9.66 Å². The average Bonchev–Trinajstić information content (AvgIpc) is 2.68. The molecule has 3 rings (SSSR count). The van der Waals surface area contributed by atoms with Gasteiger partial charge in [0, 0.05) is 14.5 Å². The van der Waals surface area contributed by atoms with Crippen LogP contribution < -0.4 is 20.8 Å². The van der Waals surface area contributed by atoms with E-state index in [-0.39, 0.29) is 12.2 Å². The highest BCUT2D eigenvalue weighted by molar-refractivity contribution is 9.10. The highest BCUT2D eigenvalue weighted by Crippen LogP contribution is 2.33. The lowest BCUT2D eigenvalue weighted by atomic mass is 10.2. The number of rotatable bonds is 6. The number of ether oxygens (including phenoxy) is 2. The Hall–Kier alpha value is -2.72. The number of nitrogens with zero attached hydrogens (tertiary/aromatic N) is 3. The van der Waals surface area contributed by atoms with Gasteiger partial charge >= 0.3 is 0 Å². The molecule has 0 atom stereocenters. The van der Waals surface area contributed by atoms with Crippen LogP contribution in [0.1, 0.15) is 11.4 Å². The number of fused-ring (bicyclic) bond motifs is 1. The Morgan fingerprint density at radius 1 is 1.28 bits per heavy atom. The summed E-state index contributed by atoms with van der Waals surface area (Å²) < 4.78 is 13.3. The van der Waals surface area contributed by atoms with Gasteiger partial charge in [0.25, 0.3) is 11.5 Å². The van der Waals surface area contributed by atoms with Crippen LogP contribution in [0, 0.1) is 6.92 Å². The molecule has 0 spiro atoms. The first-order valence-corrected chi connectivity index (χ1v) is 9.90. The van der Waals surface area contributed by atoms with Gasteiger partial charge in [-0.05, 0) is 53.2 Å². The Kier molecular flexibility index (Phi) is 6.33. The van der Waals surface area contributed by atoms with Crippen molar-refractivity contribution in [3.05, 3.63) is 61.0 Å². The van der Waals surface area contributed by atoms with E-state index in [1.807, 2.05) is 6.07 Å². The minimum Gasteiger partial charge on any atom is -0.493 e. The maximum Gasteiger partial charge on any atom is 0.282 e. The van der Waals surface area contributed by atoms with Crippen LogP contribution in [0.5, 0.6) is 11.5 Å². The topological polar surface area (TPSA) is 109 Å². The molecule has 0 unspecified atom stereocenters. The monoisotopic (exact) mass is 522 g/mol. The fourth-order valence-electron chi connectivity index (χ4n) is 2.59. The second kappa shape index (κ2) is 8.75. The first-order valence-electron chi connectivity index (χ1n) is 8.32. The summed E-state index contributed by atoms with van der Waals surface area (Å²) in [5.74, 6) is 0.589. The quantitative estimate of drug-likeness (QED) is 0.499. The van der Waals surface area contributed by atoms with E-state index in [1.165, 1.54) is 18.0 Å². The second-order valence-electron chi connectivity index (χ2n) is 5.96. The molecular formula is C19H16Br2N4O4. The molecule has 0 aliphatic heterocycles. The maximum absolute atomic E-state index is 12.8. The smallest absolute Gasteiger partial charge is 0.282 e. The van der Waals surface area contributed by atoms with Gasteiger partial charge < -0.3 is 15.2 Å². The number of nitrogens with two attached hydrogens (primary N) is 1. The van der Waals surface area contributed by atoms with Gasteiger partial charge in [0.2, 0.25) is 0 Å². The largest absolute Gasteiger partial charge is 0.493 e. The molecule has 0 aliphatic rings. The lowest BCUT2D eigenvalue weighted by Gasteiger charge is -2.11. The van der Waals surface area contributed by atoms with Crippen molar-refractivity contribution in [2.45, 2.75) is 6.92 Å². The number of aryl methyl sites for hydroxylation is 1. The van der Waals surface area contributed by atoms with Gasteiger partial charge in [0.05, 0.1) is 24.2 Å². The zero-order chi connectivity index (χ0) is 21.1. The van der Waals surface area contributed by atoms with Crippen molar-refractivity contribution in [3.63, 3.8) is 0 Å². The maximum atomic E-state index is 12.8. The van der Waals surface area contributed by atoms with Crippen LogP contribution in [-0.2, 0) is 4.79 Å². The van der Waals surface area contributed by atoms with Gasteiger partial charge in [-0.2, -0.15) is 9.78 Å². The standard InChI is InChI=1S/C19H16Br2N4O4/c1-10-24-15-4-3-12(20)6-13(15)19(27)25(10)23-8-11-5-16(28-2)17(7-14(11)21)29-9-18(22)26/h3-8H,9H2,1-2H3,(H2,22,26). The molecule has 2 aromatic carbocycles. The van der Waals surface area contributed by atoms with E-state index in [9.17, 15) is 9.59 Å². The highest BCUT2D eigenvalue weighted by atomic mass is 79.9. The van der Waals surface area contributed by atoms with Crippen molar-refractivity contribution in [1.29, 1.82) is 0 Å². The van der Waals surface area contributed by atoms with Gasteiger partial charge in [0.15, 0.2) is 18.1 Å². The summed E-state index contributed by atoms with van der Waals surface area (Å²) in [7, 11) is 1.47. The molecule has 2 N–H and O–H groups in total. The lowest BCUT2D eigenvalue weighted by molar-refractivity contribution is -0.119. The van der Waals surface area contributed by atoms with Gasteiger partial charge in [-0.25, -0.2) is 4.98 Å². The zero-order valence-electron chi connectivity index (χ0n) is 15.5. The third kappa shape index (κ3) is 4.65. The average molecular weight is 524 g/mol. The number of carbonyl (C=O) groups is 1. The minimum absolute atomic E-state index is 0.275. The molecule has 0 bridgehead atoms. The number of carbonyl (C=O) groups excluding carboxylic acids is 1. The van der Waals surface area contributed by atoms with E-state index in [2.05, 4.69) is 41.9 Å². The zero-order valence-corrected chi connectivity index (χ0v) is 18.7. The number of aromatic nitrogens is 2. The number of halogens is 2. The summed E-state index contributed by atoms with van der Waals surface area (Å²) in [6.45, 7) is 1.43. The molecule has 0 saturated carbocycles. The Morgan fingerprint density at radius 2 is 2.03 bits per heavy atom. The third-order valence-corrected chi connectivity index (χ3v) is 5.12. The van der Waals surface area contributed by atoms with Crippen LogP contribution in [0.2, 0.25) is 0 Å². The molecular weight excluding hydrogens is 508 g/mol. The van der Waals surface area contributed by atoms with Crippen LogP contribution in [-0.4, -0.2) is 35.5 Å². The summed E-state index contributed by atoms with van der Waals surface area (Å²) in [6.07, 6.45) is 1.50. The third-order valence-electron chi connectivity index (χ3n) is 3.94. The molecule has 1 aromatic heterocycles. The molecule has 8 nitrogen and oxygen atoms in total. The first kappa shape index (κ1) is 21.0. The predicted molar refractivity (Wildman–Crippen MR) is 117 cm³/mol. The van der Waals surface area contributed by atoms with E-state index in [1.54, 1.807) is 31.2 Å². The van der Waals surface area contributed by atoms with E-state index < -0.39 is 5.91 Å². The summed E-state index contributed by atoms with van der Waals surface area (Å²) in [4.78, 5) is 28.2. The molecule has 1 heterocycles. The van der Waals surface area contributed by atoms with Crippen LogP contribution >= 0.6 is 31.9 Å². The normalized spacial score (nSPS) is 11.2.